The number of carbonyl (C=O) groups is 2. The van der Waals surface area contributed by atoms with E-state index in [1.165, 1.54) is 6.08 Å². The highest BCUT2D eigenvalue weighted by atomic mass is 16.2. The van der Waals surface area contributed by atoms with Crippen LogP contribution in [0.25, 0.3) is 6.08 Å². The van der Waals surface area contributed by atoms with E-state index in [0.717, 1.165) is 5.56 Å². The molecule has 2 rings (SSSR count). The van der Waals surface area contributed by atoms with Gasteiger partial charge in [-0.3, -0.25) is 14.6 Å². The Labute approximate surface area is 129 Å². The summed E-state index contributed by atoms with van der Waals surface area (Å²) in [7, 11) is 0. The molecule has 0 atom stereocenters. The van der Waals surface area contributed by atoms with Gasteiger partial charge >= 0.3 is 0 Å². The predicted molar refractivity (Wildman–Crippen MR) is 85.1 cm³/mol. The lowest BCUT2D eigenvalue weighted by molar-refractivity contribution is -0.116. The van der Waals surface area contributed by atoms with E-state index in [-0.39, 0.29) is 11.8 Å². The van der Waals surface area contributed by atoms with E-state index >= 15 is 0 Å². The third-order valence-corrected chi connectivity index (χ3v) is 2.86. The fraction of sp³-hybridized carbons (Fsp3) is 0.118. The molecule has 0 spiro atoms. The number of benzene rings is 1. The number of pyridine rings is 1. The minimum Gasteiger partial charge on any atom is -0.351 e. The molecule has 5 nitrogen and oxygen atoms in total. The molecule has 0 saturated carbocycles. The van der Waals surface area contributed by atoms with Gasteiger partial charge in [-0.05, 0) is 29.8 Å². The molecule has 0 bridgehead atoms. The van der Waals surface area contributed by atoms with Gasteiger partial charge in [0, 0.05) is 37.1 Å². The third-order valence-electron chi connectivity index (χ3n) is 2.86. The van der Waals surface area contributed by atoms with Crippen LogP contribution in [0.1, 0.15) is 15.9 Å². The molecule has 2 aromatic rings. The Morgan fingerprint density at radius 2 is 1.77 bits per heavy atom. The molecule has 0 aliphatic heterocycles. The number of aromatic nitrogens is 1. The van der Waals surface area contributed by atoms with Gasteiger partial charge in [0.15, 0.2) is 0 Å². The first-order chi connectivity index (χ1) is 10.8. The van der Waals surface area contributed by atoms with Gasteiger partial charge < -0.3 is 10.6 Å². The molecule has 112 valence electrons. The molecule has 0 aliphatic carbocycles. The highest BCUT2D eigenvalue weighted by molar-refractivity contribution is 5.94. The normalized spacial score (nSPS) is 10.4. The van der Waals surface area contributed by atoms with Crippen LogP contribution in [0.4, 0.5) is 0 Å². The zero-order chi connectivity index (χ0) is 15.6. The average molecular weight is 295 g/mol. The maximum atomic E-state index is 11.8. The second-order valence-electron chi connectivity index (χ2n) is 4.53. The molecule has 5 heteroatoms. The van der Waals surface area contributed by atoms with Crippen molar-refractivity contribution in [2.75, 3.05) is 13.1 Å². The van der Waals surface area contributed by atoms with Gasteiger partial charge in [-0.15, -0.1) is 0 Å². The average Bonchev–Trinajstić information content (AvgIpc) is 2.58. The first kappa shape index (κ1) is 15.4. The summed E-state index contributed by atoms with van der Waals surface area (Å²) in [5, 5.41) is 5.44. The Kier molecular flexibility index (Phi) is 5.87. The Morgan fingerprint density at radius 1 is 1.00 bits per heavy atom. The number of amides is 2. The number of nitrogens with zero attached hydrogens (tertiary/aromatic N) is 1. The van der Waals surface area contributed by atoms with Crippen molar-refractivity contribution in [2.45, 2.75) is 0 Å². The fourth-order valence-corrected chi connectivity index (χ4v) is 1.76. The third kappa shape index (κ3) is 5.20. The summed E-state index contributed by atoms with van der Waals surface area (Å²) in [5.74, 6) is -0.362. The summed E-state index contributed by atoms with van der Waals surface area (Å²) in [6.07, 6.45) is 6.47. The number of hydrogen-bond acceptors (Lipinski definition) is 3. The molecule has 22 heavy (non-hydrogen) atoms. The zero-order valence-corrected chi connectivity index (χ0v) is 12.0. The molecule has 2 amide bonds. The quantitative estimate of drug-likeness (QED) is 0.628. The predicted octanol–water partition coefficient (Wildman–Crippen LogP) is 1.64. The van der Waals surface area contributed by atoms with E-state index in [0.29, 0.717) is 18.7 Å². The summed E-state index contributed by atoms with van der Waals surface area (Å²) in [5.41, 5.74) is 1.46. The van der Waals surface area contributed by atoms with E-state index in [1.807, 2.05) is 12.1 Å². The molecule has 0 fully saturated rings. The van der Waals surface area contributed by atoms with Crippen molar-refractivity contribution >= 4 is 17.9 Å². The first-order valence-corrected chi connectivity index (χ1v) is 6.95. The smallest absolute Gasteiger partial charge is 0.251 e. The van der Waals surface area contributed by atoms with Gasteiger partial charge in [0.25, 0.3) is 5.91 Å². The monoisotopic (exact) mass is 295 g/mol. The highest BCUT2D eigenvalue weighted by Gasteiger charge is 2.03. The minimum absolute atomic E-state index is 0.152. The topological polar surface area (TPSA) is 71.1 Å². The number of nitrogens with one attached hydrogen (secondary N) is 2. The maximum Gasteiger partial charge on any atom is 0.251 e. The standard InChI is InChI=1S/C17H17N3O2/c21-16(9-8-14-5-4-10-18-13-14)19-11-12-20-17(22)15-6-2-1-3-7-15/h1-10,13H,11-12H2,(H,19,21)(H,20,22)/b9-8+. The Balaban J connectivity index is 1.67. The van der Waals surface area contributed by atoms with E-state index in [2.05, 4.69) is 15.6 Å². The summed E-state index contributed by atoms with van der Waals surface area (Å²) >= 11 is 0. The van der Waals surface area contributed by atoms with Gasteiger partial charge in [-0.25, -0.2) is 0 Å². The van der Waals surface area contributed by atoms with Crippen molar-refractivity contribution in [1.82, 2.24) is 15.6 Å². The minimum atomic E-state index is -0.210. The van der Waals surface area contributed by atoms with Gasteiger partial charge in [-0.2, -0.15) is 0 Å². The van der Waals surface area contributed by atoms with Crippen LogP contribution in [0.15, 0.2) is 60.9 Å². The molecule has 0 unspecified atom stereocenters. The summed E-state index contributed by atoms with van der Waals surface area (Å²) < 4.78 is 0. The zero-order valence-electron chi connectivity index (χ0n) is 12.0. The van der Waals surface area contributed by atoms with Crippen LogP contribution < -0.4 is 10.6 Å². The van der Waals surface area contributed by atoms with Crippen LogP contribution in [-0.4, -0.2) is 29.9 Å². The van der Waals surface area contributed by atoms with Gasteiger partial charge in [-0.1, -0.05) is 24.3 Å². The maximum absolute atomic E-state index is 11.8. The number of hydrogen-bond donors (Lipinski definition) is 2. The summed E-state index contributed by atoms with van der Waals surface area (Å²) in [6, 6.07) is 12.6. The van der Waals surface area contributed by atoms with E-state index in [9.17, 15) is 9.59 Å². The molecule has 1 heterocycles. The Morgan fingerprint density at radius 3 is 2.50 bits per heavy atom. The van der Waals surface area contributed by atoms with Gasteiger partial charge in [0.1, 0.15) is 0 Å². The van der Waals surface area contributed by atoms with Crippen LogP contribution in [0, 0.1) is 0 Å². The van der Waals surface area contributed by atoms with Crippen LogP contribution in [0.2, 0.25) is 0 Å². The van der Waals surface area contributed by atoms with E-state index in [4.69, 9.17) is 0 Å². The van der Waals surface area contributed by atoms with Crippen molar-refractivity contribution in [3.05, 3.63) is 72.1 Å². The van der Waals surface area contributed by atoms with Crippen molar-refractivity contribution in [3.63, 3.8) is 0 Å². The Hall–Kier alpha value is -2.95. The molecular formula is C17H17N3O2. The molecule has 0 saturated heterocycles. The largest absolute Gasteiger partial charge is 0.351 e. The molecule has 0 radical (unpaired) electrons. The summed E-state index contributed by atoms with van der Waals surface area (Å²) in [6.45, 7) is 0.745. The van der Waals surface area contributed by atoms with E-state index < -0.39 is 0 Å². The molecule has 0 aliphatic rings. The lowest BCUT2D eigenvalue weighted by Gasteiger charge is -2.05. The first-order valence-electron chi connectivity index (χ1n) is 6.95. The van der Waals surface area contributed by atoms with Crippen molar-refractivity contribution < 1.29 is 9.59 Å². The number of rotatable bonds is 6. The van der Waals surface area contributed by atoms with Crippen LogP contribution in [0.5, 0.6) is 0 Å². The van der Waals surface area contributed by atoms with Crippen molar-refractivity contribution in [2.24, 2.45) is 0 Å². The number of carbonyl (C=O) groups excluding carboxylic acids is 2. The van der Waals surface area contributed by atoms with E-state index in [1.54, 1.807) is 48.8 Å². The lowest BCUT2D eigenvalue weighted by atomic mass is 10.2. The molecule has 1 aromatic carbocycles. The fourth-order valence-electron chi connectivity index (χ4n) is 1.76. The van der Waals surface area contributed by atoms with Crippen LogP contribution in [-0.2, 0) is 4.79 Å². The highest BCUT2D eigenvalue weighted by Crippen LogP contribution is 1.98. The van der Waals surface area contributed by atoms with Crippen LogP contribution in [0.3, 0.4) is 0 Å². The van der Waals surface area contributed by atoms with Crippen molar-refractivity contribution in [1.29, 1.82) is 0 Å². The summed E-state index contributed by atoms with van der Waals surface area (Å²) in [4.78, 5) is 27.3. The lowest BCUT2D eigenvalue weighted by Crippen LogP contribution is -2.33. The van der Waals surface area contributed by atoms with Crippen LogP contribution >= 0.6 is 0 Å². The molecular weight excluding hydrogens is 278 g/mol. The SMILES string of the molecule is O=C(/C=C/c1cccnc1)NCCNC(=O)c1ccccc1. The Bertz CT molecular complexity index is 639. The van der Waals surface area contributed by atoms with Gasteiger partial charge in [0.05, 0.1) is 0 Å². The second-order valence-corrected chi connectivity index (χ2v) is 4.53. The molecule has 2 N–H and O–H groups in total. The van der Waals surface area contributed by atoms with Gasteiger partial charge in [0.2, 0.25) is 5.91 Å². The van der Waals surface area contributed by atoms with Crippen molar-refractivity contribution in [3.8, 4) is 0 Å². The second kappa shape index (κ2) is 8.36. The molecule has 1 aromatic heterocycles.